The minimum absolute atomic E-state index is 0.0649. The Morgan fingerprint density at radius 3 is 2.54 bits per heavy atom. The van der Waals surface area contributed by atoms with Crippen LogP contribution in [0.5, 0.6) is 11.5 Å². The number of esters is 1. The minimum Gasteiger partial charge on any atom is -0.495 e. The second-order valence-electron chi connectivity index (χ2n) is 5.78. The number of rotatable bonds is 8. The molecule has 0 aliphatic heterocycles. The fourth-order valence-corrected chi connectivity index (χ4v) is 2.29. The highest BCUT2D eigenvalue weighted by atomic mass is 16.5. The highest BCUT2D eigenvalue weighted by molar-refractivity contribution is 5.94. The maximum Gasteiger partial charge on any atom is 0.309 e. The van der Waals surface area contributed by atoms with Gasteiger partial charge in [0.2, 0.25) is 0 Å². The molecule has 0 fully saturated rings. The van der Waals surface area contributed by atoms with Gasteiger partial charge in [0.1, 0.15) is 11.5 Å². The van der Waals surface area contributed by atoms with E-state index >= 15 is 0 Å². The van der Waals surface area contributed by atoms with Gasteiger partial charge in [-0.3, -0.25) is 9.59 Å². The van der Waals surface area contributed by atoms with Crippen molar-refractivity contribution in [2.45, 2.75) is 20.3 Å². The lowest BCUT2D eigenvalue weighted by Gasteiger charge is -2.11. The van der Waals surface area contributed by atoms with Crippen molar-refractivity contribution < 1.29 is 23.8 Å². The number of carbonyl (C=O) groups excluding carboxylic acids is 2. The van der Waals surface area contributed by atoms with Crippen molar-refractivity contribution in [2.24, 2.45) is 0 Å². The Balaban J connectivity index is 1.74. The molecule has 0 aromatic heterocycles. The number of ether oxygens (including phenoxy) is 3. The normalized spacial score (nSPS) is 10.1. The third kappa shape index (κ3) is 5.81. The van der Waals surface area contributed by atoms with Gasteiger partial charge in [-0.2, -0.15) is 0 Å². The lowest BCUT2D eigenvalue weighted by molar-refractivity contribution is -0.147. The fraction of sp³-hybridized carbons (Fsp3) is 0.300. The number of carbonyl (C=O) groups is 2. The summed E-state index contributed by atoms with van der Waals surface area (Å²) in [5.74, 6) is 0.346. The van der Waals surface area contributed by atoms with Crippen LogP contribution < -0.4 is 14.8 Å². The van der Waals surface area contributed by atoms with Crippen molar-refractivity contribution in [3.8, 4) is 11.5 Å². The zero-order valence-corrected chi connectivity index (χ0v) is 15.2. The number of methoxy groups -OCH3 is 1. The van der Waals surface area contributed by atoms with Gasteiger partial charge >= 0.3 is 5.97 Å². The van der Waals surface area contributed by atoms with Crippen LogP contribution in [0.1, 0.15) is 17.5 Å². The van der Waals surface area contributed by atoms with Crippen LogP contribution in [0.2, 0.25) is 0 Å². The molecule has 6 nitrogen and oxygen atoms in total. The highest BCUT2D eigenvalue weighted by Gasteiger charge is 2.11. The van der Waals surface area contributed by atoms with E-state index in [1.54, 1.807) is 12.1 Å². The SMILES string of the molecule is COc1ccc(C)cc1NC(=O)COC(=O)CCOc1ccccc1C. The Hall–Kier alpha value is -3.02. The summed E-state index contributed by atoms with van der Waals surface area (Å²) in [5.41, 5.74) is 2.51. The molecule has 0 bridgehead atoms. The second kappa shape index (κ2) is 9.46. The van der Waals surface area contributed by atoms with Crippen molar-refractivity contribution in [3.63, 3.8) is 0 Å². The van der Waals surface area contributed by atoms with E-state index in [1.165, 1.54) is 7.11 Å². The molecule has 26 heavy (non-hydrogen) atoms. The zero-order valence-electron chi connectivity index (χ0n) is 15.2. The molecule has 2 rings (SSSR count). The Morgan fingerprint density at radius 2 is 1.81 bits per heavy atom. The lowest BCUT2D eigenvalue weighted by Crippen LogP contribution is -2.22. The molecule has 0 saturated heterocycles. The van der Waals surface area contributed by atoms with Crippen molar-refractivity contribution in [1.82, 2.24) is 0 Å². The number of benzene rings is 2. The van der Waals surface area contributed by atoms with E-state index in [4.69, 9.17) is 14.2 Å². The van der Waals surface area contributed by atoms with Crippen molar-refractivity contribution in [2.75, 3.05) is 25.6 Å². The molecule has 6 heteroatoms. The van der Waals surface area contributed by atoms with E-state index in [-0.39, 0.29) is 19.6 Å². The van der Waals surface area contributed by atoms with Crippen molar-refractivity contribution in [1.29, 1.82) is 0 Å². The van der Waals surface area contributed by atoms with Crippen molar-refractivity contribution in [3.05, 3.63) is 53.6 Å². The van der Waals surface area contributed by atoms with Gasteiger partial charge in [0.15, 0.2) is 6.61 Å². The Kier molecular flexibility index (Phi) is 7.02. The second-order valence-corrected chi connectivity index (χ2v) is 5.78. The molecule has 0 atom stereocenters. The quantitative estimate of drug-likeness (QED) is 0.734. The Bertz CT molecular complexity index is 773. The molecule has 0 saturated carbocycles. The Morgan fingerprint density at radius 1 is 1.04 bits per heavy atom. The van der Waals surface area contributed by atoms with E-state index in [0.29, 0.717) is 11.4 Å². The van der Waals surface area contributed by atoms with Gasteiger partial charge in [0.25, 0.3) is 5.91 Å². The first-order chi connectivity index (χ1) is 12.5. The van der Waals surface area contributed by atoms with Crippen LogP contribution in [0, 0.1) is 13.8 Å². The van der Waals surface area contributed by atoms with Crippen LogP contribution in [0.4, 0.5) is 5.69 Å². The van der Waals surface area contributed by atoms with Crippen LogP contribution in [0.3, 0.4) is 0 Å². The summed E-state index contributed by atoms with van der Waals surface area (Å²) in [4.78, 5) is 23.7. The molecule has 0 radical (unpaired) electrons. The number of hydrogen-bond acceptors (Lipinski definition) is 5. The topological polar surface area (TPSA) is 73.9 Å². The number of anilines is 1. The monoisotopic (exact) mass is 357 g/mol. The molecule has 0 heterocycles. The third-order valence-electron chi connectivity index (χ3n) is 3.65. The van der Waals surface area contributed by atoms with E-state index in [0.717, 1.165) is 16.9 Å². The van der Waals surface area contributed by atoms with Crippen LogP contribution in [-0.2, 0) is 14.3 Å². The molecule has 138 valence electrons. The molecule has 1 amide bonds. The predicted octanol–water partition coefficient (Wildman–Crippen LogP) is 3.26. The number of aryl methyl sites for hydroxylation is 2. The van der Waals surface area contributed by atoms with Gasteiger partial charge < -0.3 is 19.5 Å². The third-order valence-corrected chi connectivity index (χ3v) is 3.65. The van der Waals surface area contributed by atoms with Gasteiger partial charge in [-0.15, -0.1) is 0 Å². The average Bonchev–Trinajstić information content (AvgIpc) is 2.62. The summed E-state index contributed by atoms with van der Waals surface area (Å²) in [6.45, 7) is 3.67. The number of amides is 1. The number of nitrogens with one attached hydrogen (secondary N) is 1. The average molecular weight is 357 g/mol. The molecule has 0 spiro atoms. The summed E-state index contributed by atoms with van der Waals surface area (Å²) in [6, 6.07) is 13.0. The zero-order chi connectivity index (χ0) is 18.9. The summed E-state index contributed by atoms with van der Waals surface area (Å²) in [5, 5.41) is 2.67. The van der Waals surface area contributed by atoms with Crippen LogP contribution >= 0.6 is 0 Å². The molecular formula is C20H23NO5. The standard InChI is InChI=1S/C20H23NO5/c1-14-8-9-18(24-3)16(12-14)21-19(22)13-26-20(23)10-11-25-17-7-5-4-6-15(17)2/h4-9,12H,10-11,13H2,1-3H3,(H,21,22). The number of hydrogen-bond donors (Lipinski definition) is 1. The highest BCUT2D eigenvalue weighted by Crippen LogP contribution is 2.25. The summed E-state index contributed by atoms with van der Waals surface area (Å²) in [7, 11) is 1.52. The van der Waals surface area contributed by atoms with Gasteiger partial charge in [-0.05, 0) is 43.2 Å². The molecule has 2 aromatic rings. The molecule has 1 N–H and O–H groups in total. The Labute approximate surface area is 153 Å². The maximum atomic E-state index is 12.0. The molecule has 0 unspecified atom stereocenters. The van der Waals surface area contributed by atoms with Gasteiger partial charge in [0.05, 0.1) is 25.8 Å². The fourth-order valence-electron chi connectivity index (χ4n) is 2.29. The van der Waals surface area contributed by atoms with Gasteiger partial charge in [-0.1, -0.05) is 24.3 Å². The van der Waals surface area contributed by atoms with E-state index in [9.17, 15) is 9.59 Å². The molecular weight excluding hydrogens is 334 g/mol. The van der Waals surface area contributed by atoms with E-state index < -0.39 is 11.9 Å². The molecule has 0 aliphatic rings. The smallest absolute Gasteiger partial charge is 0.309 e. The van der Waals surface area contributed by atoms with Gasteiger partial charge in [-0.25, -0.2) is 0 Å². The van der Waals surface area contributed by atoms with Crippen LogP contribution in [0.25, 0.3) is 0 Å². The maximum absolute atomic E-state index is 12.0. The summed E-state index contributed by atoms with van der Waals surface area (Å²) < 4.78 is 15.7. The minimum atomic E-state index is -0.495. The first-order valence-corrected chi connectivity index (χ1v) is 8.28. The first-order valence-electron chi connectivity index (χ1n) is 8.28. The summed E-state index contributed by atoms with van der Waals surface area (Å²) >= 11 is 0. The number of para-hydroxylation sites is 1. The van der Waals surface area contributed by atoms with E-state index in [2.05, 4.69) is 5.32 Å². The molecule has 2 aromatic carbocycles. The predicted molar refractivity (Wildman–Crippen MR) is 98.6 cm³/mol. The first kappa shape index (κ1) is 19.3. The largest absolute Gasteiger partial charge is 0.495 e. The van der Waals surface area contributed by atoms with Crippen LogP contribution in [0.15, 0.2) is 42.5 Å². The van der Waals surface area contributed by atoms with E-state index in [1.807, 2.05) is 44.2 Å². The van der Waals surface area contributed by atoms with Crippen molar-refractivity contribution >= 4 is 17.6 Å². The molecule has 0 aliphatic carbocycles. The lowest BCUT2D eigenvalue weighted by atomic mass is 10.2. The summed E-state index contributed by atoms with van der Waals surface area (Å²) in [6.07, 6.45) is 0.0649. The van der Waals surface area contributed by atoms with Crippen LogP contribution in [-0.4, -0.2) is 32.2 Å². The van der Waals surface area contributed by atoms with Gasteiger partial charge in [0, 0.05) is 0 Å².